The Hall–Kier alpha value is -0.460. The third-order valence-electron chi connectivity index (χ3n) is 6.31. The van der Waals surface area contributed by atoms with E-state index in [4.69, 9.17) is 4.74 Å². The number of thiophene rings is 1. The first-order chi connectivity index (χ1) is 11.6. The van der Waals surface area contributed by atoms with Gasteiger partial charge in [-0.2, -0.15) is 0 Å². The monoisotopic (exact) mass is 349 g/mol. The summed E-state index contributed by atoms with van der Waals surface area (Å²) in [6.07, 6.45) is 5.40. The average Bonchev–Trinajstić information content (AvgIpc) is 3.25. The van der Waals surface area contributed by atoms with Gasteiger partial charge in [0.1, 0.15) is 0 Å². The van der Waals surface area contributed by atoms with Gasteiger partial charge in [-0.15, -0.1) is 11.3 Å². The molecule has 0 aromatic carbocycles. The topological polar surface area (TPSA) is 19.0 Å². The minimum atomic E-state index is 0.372. The van der Waals surface area contributed by atoms with E-state index in [1.54, 1.807) is 0 Å². The lowest BCUT2D eigenvalue weighted by Gasteiger charge is -2.52. The van der Waals surface area contributed by atoms with Gasteiger partial charge in [-0.3, -0.25) is 9.80 Å². The number of rotatable bonds is 3. The number of likely N-dealkylation sites (N-methyl/N-ethyl adjacent to an activating group) is 1. The molecule has 0 amide bonds. The summed E-state index contributed by atoms with van der Waals surface area (Å²) in [4.78, 5) is 10.8. The molecule has 1 aromatic heterocycles. The highest BCUT2D eigenvalue weighted by Crippen LogP contribution is 2.35. The zero-order chi connectivity index (χ0) is 16.6. The predicted molar refractivity (Wildman–Crippen MR) is 99.6 cm³/mol. The summed E-state index contributed by atoms with van der Waals surface area (Å²) < 4.78 is 5.84. The number of ether oxygens (including phenoxy) is 1. The first-order valence-electron chi connectivity index (χ1n) is 9.47. The zero-order valence-electron chi connectivity index (χ0n) is 15.2. The average molecular weight is 350 g/mol. The lowest BCUT2D eigenvalue weighted by Crippen LogP contribution is -2.63. The van der Waals surface area contributed by atoms with Crippen molar-refractivity contribution in [3.63, 3.8) is 0 Å². The summed E-state index contributed by atoms with van der Waals surface area (Å²) in [7, 11) is 4.59. The zero-order valence-corrected chi connectivity index (χ0v) is 16.0. The van der Waals surface area contributed by atoms with E-state index in [2.05, 4.69) is 40.9 Å². The highest BCUT2D eigenvalue weighted by Gasteiger charge is 2.41. The normalized spacial score (nSPS) is 29.5. The third kappa shape index (κ3) is 3.42. The van der Waals surface area contributed by atoms with Gasteiger partial charge in [0.05, 0.1) is 6.10 Å². The van der Waals surface area contributed by atoms with E-state index in [1.165, 1.54) is 68.2 Å². The molecule has 4 heterocycles. The first-order valence-corrected chi connectivity index (χ1v) is 10.3. The largest absolute Gasteiger partial charge is 0.373 e. The van der Waals surface area contributed by atoms with Crippen molar-refractivity contribution in [1.82, 2.24) is 14.7 Å². The van der Waals surface area contributed by atoms with E-state index in [1.807, 2.05) is 11.3 Å². The first kappa shape index (κ1) is 17.0. The van der Waals surface area contributed by atoms with E-state index >= 15 is 0 Å². The van der Waals surface area contributed by atoms with Crippen LogP contribution >= 0.6 is 11.3 Å². The fraction of sp³-hybridized carbons (Fsp3) is 0.789. The van der Waals surface area contributed by atoms with Crippen molar-refractivity contribution in [2.24, 2.45) is 0 Å². The molecule has 134 valence electrons. The number of hydrogen-bond donors (Lipinski definition) is 0. The van der Waals surface area contributed by atoms with E-state index in [0.717, 1.165) is 13.2 Å². The molecule has 3 saturated heterocycles. The summed E-state index contributed by atoms with van der Waals surface area (Å²) in [5.74, 6) is 0. The number of piperazine rings is 1. The highest BCUT2D eigenvalue weighted by molar-refractivity contribution is 7.12. The smallest absolute Gasteiger partial charge is 0.0917 e. The van der Waals surface area contributed by atoms with E-state index in [-0.39, 0.29) is 0 Å². The van der Waals surface area contributed by atoms with Gasteiger partial charge in [-0.1, -0.05) is 0 Å². The van der Waals surface area contributed by atoms with Crippen molar-refractivity contribution in [3.05, 3.63) is 21.9 Å². The van der Waals surface area contributed by atoms with Gasteiger partial charge in [0.25, 0.3) is 0 Å². The van der Waals surface area contributed by atoms with Crippen molar-refractivity contribution < 1.29 is 4.74 Å². The van der Waals surface area contributed by atoms with Crippen LogP contribution in [0.25, 0.3) is 0 Å². The standard InChI is InChI=1S/C19H31N3OS/c1-20-9-7-19(8-10-20)15-22(12-11-21(19)2)14-16-5-6-18(24-16)17-4-3-13-23-17/h5-6,17H,3-4,7-15H2,1-2H3. The van der Waals surface area contributed by atoms with Crippen molar-refractivity contribution >= 4 is 11.3 Å². The van der Waals surface area contributed by atoms with Gasteiger partial charge in [0, 0.05) is 48.1 Å². The lowest BCUT2D eigenvalue weighted by atomic mass is 9.84. The molecule has 4 rings (SSSR count). The second-order valence-corrected chi connectivity index (χ2v) is 9.17. The van der Waals surface area contributed by atoms with Crippen LogP contribution < -0.4 is 0 Å². The van der Waals surface area contributed by atoms with Crippen LogP contribution in [0.15, 0.2) is 12.1 Å². The fourth-order valence-electron chi connectivity index (χ4n) is 4.53. The molecule has 0 saturated carbocycles. The summed E-state index contributed by atoms with van der Waals surface area (Å²) in [5, 5.41) is 0. The summed E-state index contributed by atoms with van der Waals surface area (Å²) in [6, 6.07) is 4.64. The number of hydrogen-bond acceptors (Lipinski definition) is 5. The van der Waals surface area contributed by atoms with E-state index in [9.17, 15) is 0 Å². The molecule has 1 aromatic rings. The highest BCUT2D eigenvalue weighted by atomic mass is 32.1. The third-order valence-corrected chi connectivity index (χ3v) is 7.47. The Balaban J connectivity index is 1.39. The van der Waals surface area contributed by atoms with Crippen LogP contribution in [-0.2, 0) is 11.3 Å². The van der Waals surface area contributed by atoms with Gasteiger partial charge >= 0.3 is 0 Å². The number of likely N-dealkylation sites (tertiary alicyclic amines) is 1. The summed E-state index contributed by atoms with van der Waals surface area (Å²) in [5.41, 5.74) is 0.402. The van der Waals surface area contributed by atoms with Crippen LogP contribution in [0, 0.1) is 0 Å². The molecule has 4 nitrogen and oxygen atoms in total. The van der Waals surface area contributed by atoms with Crippen LogP contribution in [-0.4, -0.2) is 73.7 Å². The Morgan fingerprint density at radius 3 is 2.75 bits per heavy atom. The number of nitrogens with zero attached hydrogens (tertiary/aromatic N) is 3. The van der Waals surface area contributed by atoms with Gasteiger partial charge in [-0.05, 0) is 65.0 Å². The van der Waals surface area contributed by atoms with Crippen molar-refractivity contribution in [2.75, 3.05) is 53.4 Å². The Bertz CT molecular complexity index is 547. The molecule has 1 atom stereocenters. The minimum Gasteiger partial charge on any atom is -0.373 e. The van der Waals surface area contributed by atoms with Gasteiger partial charge in [0.2, 0.25) is 0 Å². The second-order valence-electron chi connectivity index (χ2n) is 7.97. The molecule has 0 N–H and O–H groups in total. The van der Waals surface area contributed by atoms with Gasteiger partial charge in [0.15, 0.2) is 0 Å². The van der Waals surface area contributed by atoms with E-state index < -0.39 is 0 Å². The number of piperidine rings is 1. The molecule has 1 unspecified atom stereocenters. The van der Waals surface area contributed by atoms with Crippen LogP contribution in [0.4, 0.5) is 0 Å². The second kappa shape index (κ2) is 7.04. The molecule has 3 fully saturated rings. The Morgan fingerprint density at radius 1 is 1.17 bits per heavy atom. The molecule has 0 bridgehead atoms. The van der Waals surface area contributed by atoms with Crippen LogP contribution in [0.1, 0.15) is 41.5 Å². The fourth-order valence-corrected chi connectivity index (χ4v) is 5.67. The van der Waals surface area contributed by atoms with Crippen molar-refractivity contribution in [3.8, 4) is 0 Å². The Morgan fingerprint density at radius 2 is 2.00 bits per heavy atom. The molecule has 0 radical (unpaired) electrons. The molecule has 3 aliphatic rings. The van der Waals surface area contributed by atoms with E-state index in [0.29, 0.717) is 11.6 Å². The maximum absolute atomic E-state index is 5.84. The van der Waals surface area contributed by atoms with Gasteiger partial charge in [-0.25, -0.2) is 0 Å². The predicted octanol–water partition coefficient (Wildman–Crippen LogP) is 2.81. The molecule has 1 spiro atoms. The lowest BCUT2D eigenvalue weighted by molar-refractivity contribution is -0.0254. The van der Waals surface area contributed by atoms with Crippen LogP contribution in [0.3, 0.4) is 0 Å². The van der Waals surface area contributed by atoms with Crippen LogP contribution in [0.2, 0.25) is 0 Å². The minimum absolute atomic E-state index is 0.372. The molecular weight excluding hydrogens is 318 g/mol. The molecule has 0 aliphatic carbocycles. The molecular formula is C19H31N3OS. The van der Waals surface area contributed by atoms with Crippen molar-refractivity contribution in [2.45, 2.75) is 43.9 Å². The maximum Gasteiger partial charge on any atom is 0.0917 e. The van der Waals surface area contributed by atoms with Crippen molar-refractivity contribution in [1.29, 1.82) is 0 Å². The molecule has 3 aliphatic heterocycles. The summed E-state index contributed by atoms with van der Waals surface area (Å²) >= 11 is 1.97. The Kier molecular flexibility index (Phi) is 4.98. The van der Waals surface area contributed by atoms with Gasteiger partial charge < -0.3 is 9.64 Å². The Labute approximate surface area is 150 Å². The molecule has 24 heavy (non-hydrogen) atoms. The quantitative estimate of drug-likeness (QED) is 0.835. The molecule has 5 heteroatoms. The van der Waals surface area contributed by atoms with Crippen LogP contribution in [0.5, 0.6) is 0 Å². The SMILES string of the molecule is CN1CCC2(CC1)CN(Cc1ccc(C3CCCO3)s1)CCN2C. The summed E-state index contributed by atoms with van der Waals surface area (Å²) in [6.45, 7) is 8.15. The maximum atomic E-state index is 5.84.